The summed E-state index contributed by atoms with van der Waals surface area (Å²) in [6.07, 6.45) is 4.64. The molecule has 2 amide bonds. The van der Waals surface area contributed by atoms with E-state index in [1.165, 1.54) is 0 Å². The van der Waals surface area contributed by atoms with Crippen molar-refractivity contribution in [3.63, 3.8) is 0 Å². The van der Waals surface area contributed by atoms with E-state index in [0.29, 0.717) is 41.0 Å². The number of pyridine rings is 1. The molecule has 1 saturated heterocycles. The number of amides is 2. The maximum Gasteiger partial charge on any atom is 0.321 e. The number of rotatable bonds is 7. The number of aryl methyl sites for hydroxylation is 1. The normalized spacial score (nSPS) is 13.6. The molecule has 7 rings (SSSR count). The van der Waals surface area contributed by atoms with Crippen LogP contribution in [0, 0.1) is 12.7 Å². The van der Waals surface area contributed by atoms with Gasteiger partial charge >= 0.3 is 6.03 Å². The van der Waals surface area contributed by atoms with Crippen molar-refractivity contribution in [2.75, 3.05) is 18.4 Å². The first-order valence-electron chi connectivity index (χ1n) is 17.5. The summed E-state index contributed by atoms with van der Waals surface area (Å²) in [6, 6.07) is 35.5. The molecule has 0 spiro atoms. The average Bonchev–Trinajstić information content (AvgIpc) is 3.64. The highest BCUT2D eigenvalue weighted by Gasteiger charge is 2.41. The minimum absolute atomic E-state index is 0.213. The van der Waals surface area contributed by atoms with Crippen LogP contribution < -0.4 is 5.32 Å². The lowest BCUT2D eigenvalue weighted by atomic mass is 9.77. The highest BCUT2D eigenvalue weighted by atomic mass is 19.1. The fraction of sp³-hybridized carbons (Fsp3) is 0.262. The van der Waals surface area contributed by atoms with E-state index in [2.05, 4.69) is 51.8 Å². The maximum atomic E-state index is 17.4. The van der Waals surface area contributed by atoms with E-state index in [1.54, 1.807) is 22.0 Å². The number of urea groups is 1. The zero-order chi connectivity index (χ0) is 35.6. The van der Waals surface area contributed by atoms with E-state index >= 15 is 4.39 Å². The summed E-state index contributed by atoms with van der Waals surface area (Å²) < 4.78 is 17.4. The molecular formula is C42H42FN7O. The van der Waals surface area contributed by atoms with Gasteiger partial charge < -0.3 is 10.2 Å². The molecule has 1 N–H and O–H groups in total. The number of piperidine rings is 1. The van der Waals surface area contributed by atoms with Gasteiger partial charge in [-0.3, -0.25) is 4.98 Å². The van der Waals surface area contributed by atoms with E-state index in [1.807, 2.05) is 94.4 Å². The van der Waals surface area contributed by atoms with E-state index in [0.717, 1.165) is 41.6 Å². The van der Waals surface area contributed by atoms with Crippen LogP contribution in [0.1, 0.15) is 68.0 Å². The molecule has 0 saturated carbocycles. The van der Waals surface area contributed by atoms with Gasteiger partial charge in [-0.1, -0.05) is 118 Å². The van der Waals surface area contributed by atoms with Crippen LogP contribution in [-0.2, 0) is 11.0 Å². The summed E-state index contributed by atoms with van der Waals surface area (Å²) in [7, 11) is 0. The van der Waals surface area contributed by atoms with Gasteiger partial charge in [0, 0.05) is 52.9 Å². The van der Waals surface area contributed by atoms with Crippen LogP contribution in [0.3, 0.4) is 0 Å². The highest BCUT2D eigenvalue weighted by molar-refractivity contribution is 5.94. The lowest BCUT2D eigenvalue weighted by Crippen LogP contribution is -2.39. The Hall–Kier alpha value is -5.70. The molecule has 258 valence electrons. The number of benzene rings is 4. The van der Waals surface area contributed by atoms with Crippen molar-refractivity contribution < 1.29 is 9.18 Å². The molecule has 6 aromatic rings. The number of tetrazole rings is 1. The van der Waals surface area contributed by atoms with Gasteiger partial charge in [0.1, 0.15) is 5.82 Å². The van der Waals surface area contributed by atoms with Crippen LogP contribution in [-0.4, -0.2) is 49.2 Å². The molecule has 9 heteroatoms. The van der Waals surface area contributed by atoms with Gasteiger partial charge in [0.25, 0.3) is 0 Å². The molecule has 4 aromatic carbocycles. The molecule has 0 unspecified atom stereocenters. The number of likely N-dealkylation sites (tertiary alicyclic amines) is 1. The molecule has 0 aliphatic carbocycles. The molecule has 8 nitrogen and oxygen atoms in total. The number of aromatic nitrogens is 5. The third-order valence-corrected chi connectivity index (χ3v) is 9.63. The highest BCUT2D eigenvalue weighted by Crippen LogP contribution is 2.44. The van der Waals surface area contributed by atoms with Crippen molar-refractivity contribution in [3.05, 3.63) is 149 Å². The number of hydrogen-bond donors (Lipinski definition) is 1. The van der Waals surface area contributed by atoms with E-state index in [-0.39, 0.29) is 11.9 Å². The zero-order valence-corrected chi connectivity index (χ0v) is 29.5. The van der Waals surface area contributed by atoms with Crippen molar-refractivity contribution in [3.8, 4) is 22.5 Å². The lowest BCUT2D eigenvalue weighted by molar-refractivity contribution is 0.200. The second-order valence-corrected chi connectivity index (χ2v) is 14.2. The summed E-state index contributed by atoms with van der Waals surface area (Å²) in [5, 5.41) is 17.6. The van der Waals surface area contributed by atoms with Gasteiger partial charge in [0.2, 0.25) is 5.82 Å². The summed E-state index contributed by atoms with van der Waals surface area (Å²) >= 11 is 0. The standard InChI is InChI=1S/C42H42FN7O/c1-29-23-24-30(28-44-29)36-34(27-35(37(38(36)43)41(2,3)4)45-40(51)49-25-15-8-16-26-49)39-46-48-50(47-39)42(31-17-9-5-10-18-31,32-19-11-6-12-20-32)33-21-13-7-14-22-33/h5-7,9-14,17-24,27-28H,8,15-16,25-26H2,1-4H3,(H,45,51). The number of halogens is 1. The van der Waals surface area contributed by atoms with Crippen LogP contribution >= 0.6 is 0 Å². The van der Waals surface area contributed by atoms with E-state index in [4.69, 9.17) is 10.3 Å². The van der Waals surface area contributed by atoms with Crippen LogP contribution in [0.25, 0.3) is 22.5 Å². The van der Waals surface area contributed by atoms with Crippen LogP contribution in [0.5, 0.6) is 0 Å². The van der Waals surface area contributed by atoms with Gasteiger partial charge in [-0.2, -0.15) is 0 Å². The van der Waals surface area contributed by atoms with Crippen LogP contribution in [0.15, 0.2) is 115 Å². The second-order valence-electron chi connectivity index (χ2n) is 14.2. The Kier molecular flexibility index (Phi) is 9.21. The van der Waals surface area contributed by atoms with Crippen molar-refractivity contribution in [1.29, 1.82) is 0 Å². The minimum Gasteiger partial charge on any atom is -0.325 e. The van der Waals surface area contributed by atoms with Crippen LogP contribution in [0.4, 0.5) is 14.9 Å². The summed E-state index contributed by atoms with van der Waals surface area (Å²) in [4.78, 5) is 21.6. The maximum absolute atomic E-state index is 17.4. The fourth-order valence-electron chi connectivity index (χ4n) is 7.20. The molecule has 0 atom stereocenters. The first-order chi connectivity index (χ1) is 24.7. The topological polar surface area (TPSA) is 88.8 Å². The predicted molar refractivity (Wildman–Crippen MR) is 199 cm³/mol. The number of anilines is 1. The third kappa shape index (κ3) is 6.40. The lowest BCUT2D eigenvalue weighted by Gasteiger charge is -2.34. The Morgan fingerprint density at radius 1 is 0.784 bits per heavy atom. The minimum atomic E-state index is -1.02. The molecule has 1 aliphatic heterocycles. The summed E-state index contributed by atoms with van der Waals surface area (Å²) in [5.41, 5.74) is 3.97. The molecule has 1 aliphatic rings. The largest absolute Gasteiger partial charge is 0.325 e. The molecule has 3 heterocycles. The number of nitrogens with zero attached hydrogens (tertiary/aromatic N) is 6. The quantitative estimate of drug-likeness (QED) is 0.170. The Labute approximate surface area is 298 Å². The number of carbonyl (C=O) groups is 1. The Balaban J connectivity index is 1.48. The Morgan fingerprint density at radius 3 is 1.86 bits per heavy atom. The Morgan fingerprint density at radius 2 is 1.35 bits per heavy atom. The van der Waals surface area contributed by atoms with Crippen molar-refractivity contribution in [1.82, 2.24) is 30.1 Å². The first kappa shape index (κ1) is 33.8. The monoisotopic (exact) mass is 679 g/mol. The number of hydrogen-bond acceptors (Lipinski definition) is 5. The van der Waals surface area contributed by atoms with Gasteiger partial charge in [0.15, 0.2) is 5.54 Å². The fourth-order valence-corrected chi connectivity index (χ4v) is 7.20. The SMILES string of the molecule is Cc1ccc(-c2c(-c3nnn(C(c4ccccc4)(c4ccccc4)c4ccccc4)n3)cc(NC(=O)N3CCCCC3)c(C(C)(C)C)c2F)cn1. The third-order valence-electron chi connectivity index (χ3n) is 9.63. The van der Waals surface area contributed by atoms with Crippen molar-refractivity contribution in [2.45, 2.75) is 57.9 Å². The molecule has 2 aromatic heterocycles. The predicted octanol–water partition coefficient (Wildman–Crippen LogP) is 9.01. The first-order valence-corrected chi connectivity index (χ1v) is 17.5. The van der Waals surface area contributed by atoms with E-state index < -0.39 is 16.8 Å². The Bertz CT molecular complexity index is 2020. The molecular weight excluding hydrogens is 638 g/mol. The average molecular weight is 680 g/mol. The number of carbonyl (C=O) groups excluding carboxylic acids is 1. The van der Waals surface area contributed by atoms with Gasteiger partial charge in [-0.25, -0.2) is 9.18 Å². The second kappa shape index (κ2) is 13.9. The summed E-state index contributed by atoms with van der Waals surface area (Å²) in [6.45, 7) is 9.05. The number of nitrogens with one attached hydrogen (secondary N) is 1. The zero-order valence-electron chi connectivity index (χ0n) is 29.5. The van der Waals surface area contributed by atoms with Crippen molar-refractivity contribution in [2.24, 2.45) is 0 Å². The van der Waals surface area contributed by atoms with Crippen LogP contribution in [0.2, 0.25) is 0 Å². The van der Waals surface area contributed by atoms with E-state index in [9.17, 15) is 4.79 Å². The van der Waals surface area contributed by atoms with Gasteiger partial charge in [-0.15, -0.1) is 15.0 Å². The summed E-state index contributed by atoms with van der Waals surface area (Å²) in [5.74, 6) is -0.248. The van der Waals surface area contributed by atoms with Gasteiger partial charge in [-0.05, 0) is 65.6 Å². The molecule has 1 fully saturated rings. The smallest absolute Gasteiger partial charge is 0.321 e. The molecule has 0 bridgehead atoms. The van der Waals surface area contributed by atoms with Gasteiger partial charge in [0.05, 0.1) is 0 Å². The molecule has 51 heavy (non-hydrogen) atoms. The van der Waals surface area contributed by atoms with Crippen molar-refractivity contribution >= 4 is 11.7 Å². The molecule has 0 radical (unpaired) electrons.